The second-order valence-corrected chi connectivity index (χ2v) is 7.24. The number of hydrogen-bond donors (Lipinski definition) is 1. The zero-order valence-electron chi connectivity index (χ0n) is 14.0. The second kappa shape index (κ2) is 6.73. The van der Waals surface area contributed by atoms with Gasteiger partial charge in [0.25, 0.3) is 0 Å². The SMILES string of the molecule is c1nc2c(nc1NCC1(N3CCCC3)CCOCC1)CCCC2. The van der Waals surface area contributed by atoms with Crippen LogP contribution in [0.1, 0.15) is 49.9 Å². The van der Waals surface area contributed by atoms with E-state index in [0.29, 0.717) is 0 Å². The summed E-state index contributed by atoms with van der Waals surface area (Å²) < 4.78 is 5.63. The lowest BCUT2D eigenvalue weighted by Gasteiger charge is -2.44. The maximum Gasteiger partial charge on any atom is 0.144 e. The zero-order valence-corrected chi connectivity index (χ0v) is 14.0. The molecule has 5 heteroatoms. The van der Waals surface area contributed by atoms with Crippen molar-refractivity contribution in [2.24, 2.45) is 0 Å². The average Bonchev–Trinajstić information content (AvgIpc) is 3.16. The molecule has 0 aromatic carbocycles. The molecule has 0 spiro atoms. The Kier molecular flexibility index (Phi) is 4.49. The molecule has 23 heavy (non-hydrogen) atoms. The Morgan fingerprint density at radius 1 is 1.04 bits per heavy atom. The number of aryl methyl sites for hydroxylation is 2. The molecule has 1 aromatic heterocycles. The lowest BCUT2D eigenvalue weighted by atomic mass is 9.88. The van der Waals surface area contributed by atoms with Gasteiger partial charge in [0.2, 0.25) is 0 Å². The van der Waals surface area contributed by atoms with Crippen LogP contribution in [-0.2, 0) is 17.6 Å². The molecule has 1 N–H and O–H groups in total. The first-order chi connectivity index (χ1) is 11.4. The maximum absolute atomic E-state index is 5.63. The van der Waals surface area contributed by atoms with Gasteiger partial charge in [-0.15, -0.1) is 0 Å². The molecule has 0 unspecified atom stereocenters. The topological polar surface area (TPSA) is 50.3 Å². The monoisotopic (exact) mass is 316 g/mol. The van der Waals surface area contributed by atoms with Crippen molar-refractivity contribution >= 4 is 5.82 Å². The normalized spacial score (nSPS) is 24.3. The van der Waals surface area contributed by atoms with Gasteiger partial charge < -0.3 is 10.1 Å². The van der Waals surface area contributed by atoms with Crippen LogP contribution in [0.15, 0.2) is 6.20 Å². The Morgan fingerprint density at radius 2 is 1.78 bits per heavy atom. The van der Waals surface area contributed by atoms with Crippen molar-refractivity contribution in [3.63, 3.8) is 0 Å². The Hall–Kier alpha value is -1.20. The summed E-state index contributed by atoms with van der Waals surface area (Å²) in [6.45, 7) is 5.20. The molecular formula is C18H28N4O. The van der Waals surface area contributed by atoms with E-state index in [-0.39, 0.29) is 5.54 Å². The second-order valence-electron chi connectivity index (χ2n) is 7.24. The first-order valence-electron chi connectivity index (χ1n) is 9.27. The van der Waals surface area contributed by atoms with Crippen molar-refractivity contribution in [2.75, 3.05) is 38.2 Å². The number of fused-ring (bicyclic) bond motifs is 1. The Labute approximate surface area is 138 Å². The maximum atomic E-state index is 5.63. The highest BCUT2D eigenvalue weighted by Gasteiger charge is 2.39. The van der Waals surface area contributed by atoms with Crippen molar-refractivity contribution in [3.05, 3.63) is 17.6 Å². The zero-order chi connectivity index (χ0) is 15.5. The summed E-state index contributed by atoms with van der Waals surface area (Å²) in [5, 5.41) is 3.61. The van der Waals surface area contributed by atoms with Gasteiger partial charge in [0.15, 0.2) is 0 Å². The summed E-state index contributed by atoms with van der Waals surface area (Å²) in [4.78, 5) is 12.2. The van der Waals surface area contributed by atoms with E-state index < -0.39 is 0 Å². The Bertz CT molecular complexity index is 536. The summed E-state index contributed by atoms with van der Waals surface area (Å²) in [5.41, 5.74) is 2.66. The van der Waals surface area contributed by atoms with E-state index in [4.69, 9.17) is 9.72 Å². The Balaban J connectivity index is 1.47. The fourth-order valence-corrected chi connectivity index (χ4v) is 4.33. The van der Waals surface area contributed by atoms with Crippen LogP contribution in [0.4, 0.5) is 5.82 Å². The van der Waals surface area contributed by atoms with Gasteiger partial charge in [0, 0.05) is 25.3 Å². The predicted octanol–water partition coefficient (Wildman–Crippen LogP) is 2.41. The molecule has 1 aliphatic carbocycles. The molecule has 0 radical (unpaired) electrons. The van der Waals surface area contributed by atoms with Crippen molar-refractivity contribution in [1.29, 1.82) is 0 Å². The lowest BCUT2D eigenvalue weighted by Crippen LogP contribution is -2.55. The van der Waals surface area contributed by atoms with E-state index in [2.05, 4.69) is 15.2 Å². The lowest BCUT2D eigenvalue weighted by molar-refractivity contribution is -0.0119. The molecule has 2 saturated heterocycles. The number of likely N-dealkylation sites (tertiary alicyclic amines) is 1. The van der Waals surface area contributed by atoms with Crippen molar-refractivity contribution in [3.8, 4) is 0 Å². The van der Waals surface area contributed by atoms with Gasteiger partial charge in [-0.3, -0.25) is 9.88 Å². The van der Waals surface area contributed by atoms with Gasteiger partial charge >= 0.3 is 0 Å². The van der Waals surface area contributed by atoms with Crippen LogP contribution in [0, 0.1) is 0 Å². The number of aromatic nitrogens is 2. The molecule has 5 nitrogen and oxygen atoms in total. The molecule has 0 atom stereocenters. The molecule has 0 saturated carbocycles. The van der Waals surface area contributed by atoms with Crippen LogP contribution in [0.25, 0.3) is 0 Å². The minimum absolute atomic E-state index is 0.242. The molecule has 2 fully saturated rings. The van der Waals surface area contributed by atoms with Crippen molar-refractivity contribution in [2.45, 2.75) is 56.9 Å². The van der Waals surface area contributed by atoms with Crippen molar-refractivity contribution < 1.29 is 4.74 Å². The number of rotatable bonds is 4. The molecule has 3 aliphatic rings. The number of hydrogen-bond acceptors (Lipinski definition) is 5. The highest BCUT2D eigenvalue weighted by molar-refractivity contribution is 5.35. The van der Waals surface area contributed by atoms with Crippen LogP contribution in [-0.4, -0.2) is 53.3 Å². The minimum Gasteiger partial charge on any atom is -0.381 e. The molecule has 2 aliphatic heterocycles. The van der Waals surface area contributed by atoms with Gasteiger partial charge in [0.1, 0.15) is 5.82 Å². The molecule has 0 bridgehead atoms. The largest absolute Gasteiger partial charge is 0.381 e. The number of nitrogens with one attached hydrogen (secondary N) is 1. The molecule has 126 valence electrons. The van der Waals surface area contributed by atoms with Gasteiger partial charge in [-0.2, -0.15) is 0 Å². The molecule has 3 heterocycles. The predicted molar refractivity (Wildman–Crippen MR) is 90.8 cm³/mol. The third-order valence-electron chi connectivity index (χ3n) is 5.81. The van der Waals surface area contributed by atoms with Crippen LogP contribution in [0.3, 0.4) is 0 Å². The van der Waals surface area contributed by atoms with Crippen LogP contribution < -0.4 is 5.32 Å². The van der Waals surface area contributed by atoms with Crippen LogP contribution >= 0.6 is 0 Å². The third kappa shape index (κ3) is 3.22. The minimum atomic E-state index is 0.242. The number of ether oxygens (including phenoxy) is 1. The smallest absolute Gasteiger partial charge is 0.144 e. The highest BCUT2D eigenvalue weighted by atomic mass is 16.5. The van der Waals surface area contributed by atoms with Gasteiger partial charge in [-0.05, 0) is 64.5 Å². The number of anilines is 1. The van der Waals surface area contributed by atoms with E-state index in [1.807, 2.05) is 6.20 Å². The van der Waals surface area contributed by atoms with Crippen LogP contribution in [0.2, 0.25) is 0 Å². The molecule has 1 aromatic rings. The van der Waals surface area contributed by atoms with Crippen molar-refractivity contribution in [1.82, 2.24) is 14.9 Å². The summed E-state index contributed by atoms with van der Waals surface area (Å²) in [5.74, 6) is 0.954. The van der Waals surface area contributed by atoms with E-state index in [1.165, 1.54) is 50.2 Å². The van der Waals surface area contributed by atoms with Crippen LogP contribution in [0.5, 0.6) is 0 Å². The molecular weight excluding hydrogens is 288 g/mol. The molecule has 4 rings (SSSR count). The van der Waals surface area contributed by atoms with E-state index >= 15 is 0 Å². The fraction of sp³-hybridized carbons (Fsp3) is 0.778. The summed E-state index contributed by atoms with van der Waals surface area (Å²) in [7, 11) is 0. The average molecular weight is 316 g/mol. The standard InChI is InChI=1S/C18H28N4O/c1-2-6-16-15(5-1)19-13-17(21-16)20-14-18(7-11-23-12-8-18)22-9-3-4-10-22/h13H,1-12,14H2,(H,20,21). The highest BCUT2D eigenvalue weighted by Crippen LogP contribution is 2.31. The van der Waals surface area contributed by atoms with Gasteiger partial charge in [-0.25, -0.2) is 4.98 Å². The summed E-state index contributed by atoms with van der Waals surface area (Å²) in [6.07, 6.45) is 11.5. The number of nitrogens with zero attached hydrogens (tertiary/aromatic N) is 3. The van der Waals surface area contributed by atoms with E-state index in [9.17, 15) is 0 Å². The fourth-order valence-electron chi connectivity index (χ4n) is 4.33. The summed E-state index contributed by atoms with van der Waals surface area (Å²) in [6, 6.07) is 0. The van der Waals surface area contributed by atoms with Gasteiger partial charge in [0.05, 0.1) is 17.6 Å². The first-order valence-corrected chi connectivity index (χ1v) is 9.27. The quantitative estimate of drug-likeness (QED) is 0.924. The third-order valence-corrected chi connectivity index (χ3v) is 5.81. The van der Waals surface area contributed by atoms with E-state index in [1.54, 1.807) is 0 Å². The molecule has 0 amide bonds. The summed E-state index contributed by atoms with van der Waals surface area (Å²) >= 11 is 0. The Morgan fingerprint density at radius 3 is 2.57 bits per heavy atom. The van der Waals surface area contributed by atoms with Gasteiger partial charge in [-0.1, -0.05) is 0 Å². The van der Waals surface area contributed by atoms with E-state index in [0.717, 1.165) is 51.3 Å². The first kappa shape index (κ1) is 15.3.